The number of benzene rings is 2. The van der Waals surface area contributed by atoms with Crippen molar-refractivity contribution in [3.8, 4) is 5.75 Å². The van der Waals surface area contributed by atoms with Crippen LogP contribution in [0.2, 0.25) is 0 Å². The predicted molar refractivity (Wildman–Crippen MR) is 124 cm³/mol. The normalized spacial score (nSPS) is 35.4. The number of hydrogen-bond donors (Lipinski definition) is 5. The number of carbonyl (C=O) groups is 1. The van der Waals surface area contributed by atoms with Crippen molar-refractivity contribution in [2.45, 2.75) is 80.7 Å². The first-order chi connectivity index (χ1) is 16.9. The van der Waals surface area contributed by atoms with E-state index in [1.165, 1.54) is 12.8 Å². The number of carboxylic acid groups (broad SMARTS) is 1. The van der Waals surface area contributed by atoms with Gasteiger partial charge < -0.3 is 40.0 Å². The zero-order chi connectivity index (χ0) is 24.5. The van der Waals surface area contributed by atoms with E-state index < -0.39 is 36.7 Å². The molecule has 9 heteroatoms. The maximum absolute atomic E-state index is 11.3. The minimum Gasteiger partial charge on any atom is -0.479 e. The number of aliphatic hydroxyl groups is 3. The van der Waals surface area contributed by atoms with Crippen LogP contribution in [0.25, 0.3) is 0 Å². The largest absolute Gasteiger partial charge is 0.479 e. The molecule has 0 radical (unpaired) electrons. The van der Waals surface area contributed by atoms with Gasteiger partial charge in [0.1, 0.15) is 30.2 Å². The van der Waals surface area contributed by atoms with Gasteiger partial charge in [0.15, 0.2) is 6.10 Å². The van der Waals surface area contributed by atoms with Crippen LogP contribution in [-0.4, -0.2) is 75.3 Å². The molecule has 3 aliphatic rings. The maximum atomic E-state index is 11.3. The Labute approximate surface area is 203 Å². The van der Waals surface area contributed by atoms with E-state index in [4.69, 9.17) is 14.2 Å². The number of fused-ring (bicyclic) bond motifs is 2. The molecule has 0 aliphatic carbocycles. The SMILES string of the molecule is O=C(O)C1O[C@@H](Oc2ccc(C(OC3C[C@H]4CC[C@@H](C3)N4)c3ccccc3)cc2)[C@H](O)[C@@H](O)[C@@H]1O. The van der Waals surface area contributed by atoms with Crippen molar-refractivity contribution in [3.63, 3.8) is 0 Å². The average molecular weight is 486 g/mol. The van der Waals surface area contributed by atoms with Crippen LogP contribution < -0.4 is 10.1 Å². The molecule has 3 fully saturated rings. The van der Waals surface area contributed by atoms with Crippen LogP contribution in [0.15, 0.2) is 54.6 Å². The second-order valence-electron chi connectivity index (χ2n) is 9.58. The Hall–Kier alpha value is -2.53. The molecule has 5 rings (SSSR count). The Kier molecular flexibility index (Phi) is 7.06. The fourth-order valence-electron chi connectivity index (χ4n) is 5.29. The molecule has 2 aromatic rings. The highest BCUT2D eigenvalue weighted by atomic mass is 16.7. The topological polar surface area (TPSA) is 138 Å². The number of nitrogens with one attached hydrogen (secondary N) is 1. The maximum Gasteiger partial charge on any atom is 0.335 e. The summed E-state index contributed by atoms with van der Waals surface area (Å²) in [4.78, 5) is 11.3. The van der Waals surface area contributed by atoms with Crippen LogP contribution >= 0.6 is 0 Å². The molecular weight excluding hydrogens is 454 g/mol. The highest BCUT2D eigenvalue weighted by molar-refractivity contribution is 5.73. The van der Waals surface area contributed by atoms with Gasteiger partial charge in [-0.15, -0.1) is 0 Å². The lowest BCUT2D eigenvalue weighted by molar-refractivity contribution is -0.271. The first-order valence-corrected chi connectivity index (χ1v) is 12.0. The lowest BCUT2D eigenvalue weighted by Gasteiger charge is -2.38. The third-order valence-corrected chi connectivity index (χ3v) is 7.11. The van der Waals surface area contributed by atoms with Crippen molar-refractivity contribution in [2.24, 2.45) is 0 Å². The summed E-state index contributed by atoms with van der Waals surface area (Å²) in [5.41, 5.74) is 1.97. The van der Waals surface area contributed by atoms with Gasteiger partial charge in [-0.05, 0) is 48.9 Å². The van der Waals surface area contributed by atoms with Crippen molar-refractivity contribution in [1.29, 1.82) is 0 Å². The Morgan fingerprint density at radius 3 is 2.14 bits per heavy atom. The van der Waals surface area contributed by atoms with Gasteiger partial charge in [0.05, 0.1) is 6.10 Å². The van der Waals surface area contributed by atoms with Gasteiger partial charge in [-0.3, -0.25) is 0 Å². The summed E-state index contributed by atoms with van der Waals surface area (Å²) < 4.78 is 17.5. The summed E-state index contributed by atoms with van der Waals surface area (Å²) in [7, 11) is 0. The molecule has 3 heterocycles. The molecule has 5 N–H and O–H groups in total. The van der Waals surface area contributed by atoms with Crippen molar-refractivity contribution in [3.05, 3.63) is 65.7 Å². The summed E-state index contributed by atoms with van der Waals surface area (Å²) >= 11 is 0. The second-order valence-corrected chi connectivity index (χ2v) is 9.58. The molecule has 0 spiro atoms. The molecule has 3 aliphatic heterocycles. The van der Waals surface area contributed by atoms with Gasteiger partial charge in [0.25, 0.3) is 0 Å². The Morgan fingerprint density at radius 1 is 0.886 bits per heavy atom. The summed E-state index contributed by atoms with van der Waals surface area (Å²) in [5.74, 6) is -1.14. The van der Waals surface area contributed by atoms with Crippen LogP contribution in [0, 0.1) is 0 Å². The van der Waals surface area contributed by atoms with Crippen LogP contribution in [0.3, 0.4) is 0 Å². The van der Waals surface area contributed by atoms with E-state index in [2.05, 4.69) is 5.32 Å². The molecule has 9 nitrogen and oxygen atoms in total. The van der Waals surface area contributed by atoms with E-state index in [0.717, 1.165) is 24.0 Å². The van der Waals surface area contributed by atoms with Crippen molar-refractivity contribution < 1.29 is 39.4 Å². The first-order valence-electron chi connectivity index (χ1n) is 12.0. The molecule has 9 atom stereocenters. The lowest BCUT2D eigenvalue weighted by atomic mass is 9.98. The molecule has 3 saturated heterocycles. The van der Waals surface area contributed by atoms with Gasteiger partial charge in [-0.1, -0.05) is 42.5 Å². The van der Waals surface area contributed by atoms with Gasteiger partial charge in [-0.25, -0.2) is 4.79 Å². The second kappa shape index (κ2) is 10.2. The first kappa shape index (κ1) is 24.2. The van der Waals surface area contributed by atoms with Crippen LogP contribution in [0.4, 0.5) is 0 Å². The van der Waals surface area contributed by atoms with Gasteiger partial charge in [0.2, 0.25) is 6.29 Å². The molecule has 0 amide bonds. The summed E-state index contributed by atoms with van der Waals surface area (Å²) in [6, 6.07) is 18.1. The fourth-order valence-corrected chi connectivity index (χ4v) is 5.29. The average Bonchev–Trinajstić information content (AvgIpc) is 3.21. The monoisotopic (exact) mass is 485 g/mol. The number of aliphatic hydroxyl groups excluding tert-OH is 3. The quantitative estimate of drug-likeness (QED) is 0.393. The van der Waals surface area contributed by atoms with Crippen LogP contribution in [0.1, 0.15) is 42.9 Å². The molecule has 3 unspecified atom stereocenters. The third kappa shape index (κ3) is 5.20. The van der Waals surface area contributed by atoms with E-state index >= 15 is 0 Å². The van der Waals surface area contributed by atoms with Crippen molar-refractivity contribution in [2.75, 3.05) is 0 Å². The van der Waals surface area contributed by atoms with Gasteiger partial charge >= 0.3 is 5.97 Å². The number of ether oxygens (including phenoxy) is 3. The Bertz CT molecular complexity index is 990. The number of hydrogen-bond acceptors (Lipinski definition) is 8. The highest BCUT2D eigenvalue weighted by Crippen LogP contribution is 2.35. The van der Waals surface area contributed by atoms with Crippen molar-refractivity contribution >= 4 is 5.97 Å². The lowest BCUT2D eigenvalue weighted by Crippen LogP contribution is -2.61. The molecule has 2 bridgehead atoms. The smallest absolute Gasteiger partial charge is 0.335 e. The number of aliphatic carboxylic acids is 1. The van der Waals surface area contributed by atoms with E-state index in [1.807, 2.05) is 42.5 Å². The van der Waals surface area contributed by atoms with Crippen LogP contribution in [-0.2, 0) is 14.3 Å². The molecule has 188 valence electrons. The number of rotatable bonds is 7. The number of carboxylic acids is 1. The van der Waals surface area contributed by atoms with E-state index in [-0.39, 0.29) is 12.2 Å². The Morgan fingerprint density at radius 2 is 1.51 bits per heavy atom. The summed E-state index contributed by atoms with van der Waals surface area (Å²) in [6.07, 6.45) is -4.03. The summed E-state index contributed by atoms with van der Waals surface area (Å²) in [6.45, 7) is 0. The molecular formula is C26H31NO8. The zero-order valence-corrected chi connectivity index (χ0v) is 19.1. The zero-order valence-electron chi connectivity index (χ0n) is 19.1. The highest BCUT2D eigenvalue weighted by Gasteiger charge is 2.48. The van der Waals surface area contributed by atoms with Gasteiger partial charge in [-0.2, -0.15) is 0 Å². The molecule has 0 saturated carbocycles. The fraction of sp³-hybridized carbons (Fsp3) is 0.500. The Balaban J connectivity index is 1.32. The predicted octanol–water partition coefficient (Wildman–Crippen LogP) is 1.35. The minimum atomic E-state index is -1.77. The van der Waals surface area contributed by atoms with E-state index in [0.29, 0.717) is 17.8 Å². The number of piperidine rings is 1. The molecule has 2 aromatic carbocycles. The minimum absolute atomic E-state index is 0.154. The molecule has 0 aromatic heterocycles. The molecule has 35 heavy (non-hydrogen) atoms. The standard InChI is InChI=1S/C26H31NO8/c28-20-21(29)24(25(31)32)35-26(22(20)30)34-18-10-6-15(7-11-18)23(14-4-2-1-3-5-14)33-19-12-16-8-9-17(13-19)27-16/h1-7,10-11,16-17,19-24,26-30H,8-9,12-13H2,(H,31,32)/t16-,17+,19?,20-,21-,22+,23?,24?,26+/m0/s1. The van der Waals surface area contributed by atoms with Gasteiger partial charge in [0, 0.05) is 12.1 Å². The van der Waals surface area contributed by atoms with E-state index in [9.17, 15) is 25.2 Å². The van der Waals surface area contributed by atoms with Crippen molar-refractivity contribution in [1.82, 2.24) is 5.32 Å². The van der Waals surface area contributed by atoms with E-state index in [1.54, 1.807) is 12.1 Å². The summed E-state index contributed by atoms with van der Waals surface area (Å²) in [5, 5.41) is 42.9. The van der Waals surface area contributed by atoms with Crippen LogP contribution in [0.5, 0.6) is 5.75 Å². The third-order valence-electron chi connectivity index (χ3n) is 7.11.